The molecule has 0 amide bonds. The van der Waals surface area contributed by atoms with Crippen LogP contribution in [0.4, 0.5) is 0 Å². The molecule has 0 spiro atoms. The number of hydrogen-bond donors (Lipinski definition) is 2. The second kappa shape index (κ2) is 11.5. The standard InChI is InChI=1S/C31H36N4O2/c1-21-14-26(29(32)35-19-33-20-37-30(36)31(2,3)4)12-13-28(21)25-11-7-8-22(15-25)18-34-27-16-23-9-5-6-10-24(23)17-27/h5-15,19,27,34H,16-18,20H2,1-4H3,(H2,32,33,35). The number of carbonyl (C=O) groups excluding carboxylic acids is 1. The van der Waals surface area contributed by atoms with E-state index in [1.165, 1.54) is 28.6 Å². The number of nitrogens with two attached hydrogens (primary N) is 1. The van der Waals surface area contributed by atoms with Crippen molar-refractivity contribution in [3.05, 3.63) is 94.5 Å². The minimum Gasteiger partial charge on any atom is -0.442 e. The number of carbonyl (C=O) groups is 1. The van der Waals surface area contributed by atoms with Gasteiger partial charge in [0, 0.05) is 18.2 Å². The molecule has 1 aliphatic carbocycles. The number of amidine groups is 1. The predicted octanol–water partition coefficient (Wildman–Crippen LogP) is 5.20. The molecule has 3 N–H and O–H groups in total. The van der Waals surface area contributed by atoms with E-state index in [9.17, 15) is 4.79 Å². The predicted molar refractivity (Wildman–Crippen MR) is 151 cm³/mol. The topological polar surface area (TPSA) is 89.1 Å². The summed E-state index contributed by atoms with van der Waals surface area (Å²) >= 11 is 0. The van der Waals surface area contributed by atoms with Crippen molar-refractivity contribution >= 4 is 18.1 Å². The molecular weight excluding hydrogens is 460 g/mol. The maximum atomic E-state index is 11.8. The molecule has 0 heterocycles. The van der Waals surface area contributed by atoms with Crippen molar-refractivity contribution in [1.82, 2.24) is 5.32 Å². The molecule has 0 unspecified atom stereocenters. The van der Waals surface area contributed by atoms with Crippen LogP contribution < -0.4 is 11.1 Å². The Kier molecular flexibility index (Phi) is 8.19. The lowest BCUT2D eigenvalue weighted by atomic mass is 9.96. The van der Waals surface area contributed by atoms with Gasteiger partial charge in [0.25, 0.3) is 0 Å². The Bertz CT molecular complexity index is 1300. The van der Waals surface area contributed by atoms with Crippen molar-refractivity contribution in [3.8, 4) is 11.1 Å². The van der Waals surface area contributed by atoms with Crippen LogP contribution >= 0.6 is 0 Å². The first-order chi connectivity index (χ1) is 17.7. The average molecular weight is 497 g/mol. The van der Waals surface area contributed by atoms with Crippen LogP contribution in [0.3, 0.4) is 0 Å². The van der Waals surface area contributed by atoms with Gasteiger partial charge in [-0.3, -0.25) is 4.79 Å². The van der Waals surface area contributed by atoms with E-state index in [0.717, 1.165) is 36.1 Å². The molecule has 6 heteroatoms. The van der Waals surface area contributed by atoms with Gasteiger partial charge in [-0.1, -0.05) is 54.6 Å². The summed E-state index contributed by atoms with van der Waals surface area (Å²) in [7, 11) is 0. The van der Waals surface area contributed by atoms with Gasteiger partial charge in [0.2, 0.25) is 0 Å². The zero-order chi connectivity index (χ0) is 26.4. The molecule has 0 aromatic heterocycles. The summed E-state index contributed by atoms with van der Waals surface area (Å²) in [4.78, 5) is 20.0. The SMILES string of the molecule is Cc1cc(C(N)=N/C=N/COC(=O)C(C)(C)C)ccc1-c1cccc(CNC2Cc3ccccc3C2)c1. The van der Waals surface area contributed by atoms with Crippen LogP contribution in [0.25, 0.3) is 11.1 Å². The third-order valence-electron chi connectivity index (χ3n) is 6.57. The van der Waals surface area contributed by atoms with Gasteiger partial charge in [-0.15, -0.1) is 0 Å². The highest BCUT2D eigenvalue weighted by molar-refractivity contribution is 6.01. The first kappa shape index (κ1) is 26.3. The minimum atomic E-state index is -0.560. The Morgan fingerprint density at radius 2 is 1.78 bits per heavy atom. The molecule has 0 radical (unpaired) electrons. The Morgan fingerprint density at radius 1 is 1.05 bits per heavy atom. The van der Waals surface area contributed by atoms with Crippen molar-refractivity contribution in [3.63, 3.8) is 0 Å². The number of fused-ring (bicyclic) bond motifs is 1. The highest BCUT2D eigenvalue weighted by Gasteiger charge is 2.22. The maximum Gasteiger partial charge on any atom is 0.313 e. The average Bonchev–Trinajstić information content (AvgIpc) is 3.29. The summed E-state index contributed by atoms with van der Waals surface area (Å²) in [5.41, 5.74) is 14.1. The van der Waals surface area contributed by atoms with E-state index in [-0.39, 0.29) is 12.7 Å². The summed E-state index contributed by atoms with van der Waals surface area (Å²) in [5.74, 6) is 0.0489. The van der Waals surface area contributed by atoms with Crippen LogP contribution in [0.5, 0.6) is 0 Å². The van der Waals surface area contributed by atoms with Gasteiger partial charge in [0.05, 0.1) is 5.41 Å². The fourth-order valence-corrected chi connectivity index (χ4v) is 4.48. The van der Waals surface area contributed by atoms with E-state index in [1.807, 2.05) is 12.1 Å². The fourth-order valence-electron chi connectivity index (χ4n) is 4.48. The molecule has 3 aromatic carbocycles. The monoisotopic (exact) mass is 496 g/mol. The van der Waals surface area contributed by atoms with Gasteiger partial charge in [-0.2, -0.15) is 0 Å². The second-order valence-electron chi connectivity index (χ2n) is 10.6. The molecular formula is C31H36N4O2. The molecule has 0 fully saturated rings. The summed E-state index contributed by atoms with van der Waals surface area (Å²) in [6.07, 6.45) is 3.51. The Hall–Kier alpha value is -3.77. The number of nitrogens with zero attached hydrogens (tertiary/aromatic N) is 2. The van der Waals surface area contributed by atoms with Crippen LogP contribution in [0.2, 0.25) is 0 Å². The lowest BCUT2D eigenvalue weighted by molar-refractivity contribution is -0.152. The maximum absolute atomic E-state index is 11.8. The van der Waals surface area contributed by atoms with E-state index in [1.54, 1.807) is 20.8 Å². The summed E-state index contributed by atoms with van der Waals surface area (Å²) in [5, 5.41) is 3.73. The molecule has 0 bridgehead atoms. The number of aliphatic imine (C=N–C) groups is 2. The quantitative estimate of drug-likeness (QED) is 0.255. The molecule has 37 heavy (non-hydrogen) atoms. The third-order valence-corrected chi connectivity index (χ3v) is 6.57. The lowest BCUT2D eigenvalue weighted by Gasteiger charge is -2.14. The van der Waals surface area contributed by atoms with Gasteiger partial charge in [-0.25, -0.2) is 9.98 Å². The molecule has 0 saturated carbocycles. The third kappa shape index (κ3) is 6.92. The Morgan fingerprint density at radius 3 is 2.46 bits per heavy atom. The highest BCUT2D eigenvalue weighted by atomic mass is 16.5. The summed E-state index contributed by atoms with van der Waals surface area (Å²) in [6.45, 7) is 8.22. The van der Waals surface area contributed by atoms with Crippen molar-refractivity contribution in [2.45, 2.75) is 53.1 Å². The molecule has 6 nitrogen and oxygen atoms in total. The number of esters is 1. The first-order valence-corrected chi connectivity index (χ1v) is 12.7. The van der Waals surface area contributed by atoms with Crippen LogP contribution in [0, 0.1) is 12.3 Å². The largest absolute Gasteiger partial charge is 0.442 e. The van der Waals surface area contributed by atoms with E-state index in [0.29, 0.717) is 11.9 Å². The van der Waals surface area contributed by atoms with Crippen molar-refractivity contribution in [1.29, 1.82) is 0 Å². The molecule has 0 saturated heterocycles. The number of benzene rings is 3. The first-order valence-electron chi connectivity index (χ1n) is 12.7. The molecule has 1 aliphatic rings. The van der Waals surface area contributed by atoms with E-state index in [4.69, 9.17) is 10.5 Å². The number of nitrogens with one attached hydrogen (secondary N) is 1. The number of rotatable bonds is 8. The van der Waals surface area contributed by atoms with Crippen molar-refractivity contribution < 1.29 is 9.53 Å². The Balaban J connectivity index is 1.36. The van der Waals surface area contributed by atoms with Gasteiger partial charge in [0.15, 0.2) is 6.73 Å². The highest BCUT2D eigenvalue weighted by Crippen LogP contribution is 2.26. The van der Waals surface area contributed by atoms with Crippen LogP contribution in [-0.2, 0) is 28.9 Å². The number of hydrogen-bond acceptors (Lipinski definition) is 4. The summed E-state index contributed by atoms with van der Waals surface area (Å²) in [6, 6.07) is 24.0. The molecule has 0 aliphatic heterocycles. The van der Waals surface area contributed by atoms with Gasteiger partial charge >= 0.3 is 5.97 Å². The van der Waals surface area contributed by atoms with E-state index >= 15 is 0 Å². The fraction of sp³-hybridized carbons (Fsp3) is 0.323. The zero-order valence-corrected chi connectivity index (χ0v) is 22.1. The van der Waals surface area contributed by atoms with Crippen LogP contribution in [-0.4, -0.2) is 30.9 Å². The molecule has 0 atom stereocenters. The van der Waals surface area contributed by atoms with Gasteiger partial charge in [-0.05, 0) is 86.1 Å². The Labute approximate surface area is 219 Å². The molecule has 192 valence electrons. The van der Waals surface area contributed by atoms with E-state index in [2.05, 4.69) is 76.8 Å². The zero-order valence-electron chi connectivity index (χ0n) is 22.1. The van der Waals surface area contributed by atoms with E-state index < -0.39 is 5.41 Å². The number of aryl methyl sites for hydroxylation is 1. The van der Waals surface area contributed by atoms with Crippen molar-refractivity contribution in [2.24, 2.45) is 21.1 Å². The van der Waals surface area contributed by atoms with Gasteiger partial charge < -0.3 is 15.8 Å². The lowest BCUT2D eigenvalue weighted by Crippen LogP contribution is -2.28. The molecule has 3 aromatic rings. The summed E-state index contributed by atoms with van der Waals surface area (Å²) < 4.78 is 5.10. The van der Waals surface area contributed by atoms with Crippen LogP contribution in [0.1, 0.15) is 48.6 Å². The van der Waals surface area contributed by atoms with Crippen LogP contribution in [0.15, 0.2) is 76.7 Å². The molecule has 4 rings (SSSR count). The number of ether oxygens (including phenoxy) is 1. The second-order valence-corrected chi connectivity index (χ2v) is 10.6. The van der Waals surface area contributed by atoms with Gasteiger partial charge in [0.1, 0.15) is 12.2 Å². The smallest absolute Gasteiger partial charge is 0.313 e. The minimum absolute atomic E-state index is 0.0796. The normalized spacial score (nSPS) is 14.2. The van der Waals surface area contributed by atoms with Crippen molar-refractivity contribution in [2.75, 3.05) is 6.73 Å².